The van der Waals surface area contributed by atoms with Crippen molar-refractivity contribution in [2.45, 2.75) is 77.7 Å². The molecule has 0 aromatic carbocycles. The van der Waals surface area contributed by atoms with E-state index in [1.807, 2.05) is 20.8 Å². The van der Waals surface area contributed by atoms with Crippen LogP contribution >= 0.6 is 0 Å². The second-order valence-corrected chi connectivity index (χ2v) is 9.20. The molecule has 4 aliphatic rings. The lowest BCUT2D eigenvalue weighted by atomic mass is 9.70. The lowest BCUT2D eigenvalue weighted by molar-refractivity contribution is 0.00578. The Morgan fingerprint density at radius 3 is 2.36 bits per heavy atom. The van der Waals surface area contributed by atoms with Gasteiger partial charge < -0.3 is 18.8 Å². The molecule has 0 N–H and O–H groups in total. The standard InChI is InChI=1S/C18H30BNO5/c1-16(2,3)23-15(21)20-9-12-10-22-11-13(20)8-14(12)19-24-17(4,5)18(6,7)25-19/h13H,8-11H2,1-7H3. The lowest BCUT2D eigenvalue weighted by Crippen LogP contribution is -2.48. The fourth-order valence-corrected chi connectivity index (χ4v) is 3.33. The van der Waals surface area contributed by atoms with Crippen molar-refractivity contribution < 1.29 is 23.6 Å². The van der Waals surface area contributed by atoms with Crippen LogP contribution in [0.25, 0.3) is 0 Å². The van der Waals surface area contributed by atoms with Gasteiger partial charge in [0.05, 0.1) is 30.5 Å². The topological polar surface area (TPSA) is 57.2 Å². The molecule has 2 fully saturated rings. The Kier molecular flexibility index (Phi) is 4.49. The average molecular weight is 351 g/mol. The number of hydrogen-bond acceptors (Lipinski definition) is 5. The normalized spacial score (nSPS) is 28.4. The van der Waals surface area contributed by atoms with Crippen LogP contribution in [-0.2, 0) is 18.8 Å². The Hall–Kier alpha value is -1.05. The number of fused-ring (bicyclic) bond motifs is 4. The number of carbonyl (C=O) groups excluding carboxylic acids is 1. The van der Waals surface area contributed by atoms with Gasteiger partial charge >= 0.3 is 13.2 Å². The largest absolute Gasteiger partial charge is 0.490 e. The molecular weight excluding hydrogens is 321 g/mol. The predicted molar refractivity (Wildman–Crippen MR) is 95.3 cm³/mol. The van der Waals surface area contributed by atoms with Crippen LogP contribution in [0.3, 0.4) is 0 Å². The van der Waals surface area contributed by atoms with Crippen molar-refractivity contribution in [2.75, 3.05) is 19.8 Å². The van der Waals surface area contributed by atoms with Gasteiger partial charge in [0.15, 0.2) is 0 Å². The van der Waals surface area contributed by atoms with Gasteiger partial charge in [-0.25, -0.2) is 4.79 Å². The van der Waals surface area contributed by atoms with E-state index in [4.69, 9.17) is 18.8 Å². The fraction of sp³-hybridized carbons (Fsp3) is 0.833. The van der Waals surface area contributed by atoms with Crippen molar-refractivity contribution >= 4 is 13.2 Å². The first kappa shape index (κ1) is 18.7. The highest BCUT2D eigenvalue weighted by Crippen LogP contribution is 2.41. The maximum Gasteiger partial charge on any atom is 0.490 e. The summed E-state index contributed by atoms with van der Waals surface area (Å²) in [6.45, 7) is 15.4. The van der Waals surface area contributed by atoms with Crippen LogP contribution in [0.4, 0.5) is 4.79 Å². The molecule has 140 valence electrons. The zero-order valence-corrected chi connectivity index (χ0v) is 16.5. The molecule has 1 unspecified atom stereocenters. The van der Waals surface area contributed by atoms with Gasteiger partial charge in [0, 0.05) is 6.54 Å². The zero-order valence-electron chi connectivity index (χ0n) is 16.5. The number of hydrogen-bond donors (Lipinski definition) is 0. The molecule has 2 bridgehead atoms. The van der Waals surface area contributed by atoms with Crippen molar-refractivity contribution in [3.05, 3.63) is 11.0 Å². The van der Waals surface area contributed by atoms with Gasteiger partial charge in [-0.1, -0.05) is 0 Å². The minimum atomic E-state index is -0.508. The van der Waals surface area contributed by atoms with Crippen molar-refractivity contribution in [1.29, 1.82) is 0 Å². The summed E-state index contributed by atoms with van der Waals surface area (Å²) in [4.78, 5) is 14.3. The average Bonchev–Trinajstić information content (AvgIpc) is 2.67. The molecule has 4 rings (SSSR count). The minimum absolute atomic E-state index is 0.0462. The third kappa shape index (κ3) is 3.59. The second-order valence-electron chi connectivity index (χ2n) is 9.20. The van der Waals surface area contributed by atoms with E-state index in [9.17, 15) is 4.79 Å². The van der Waals surface area contributed by atoms with Crippen LogP contribution in [0.15, 0.2) is 11.0 Å². The highest BCUT2D eigenvalue weighted by Gasteiger charge is 2.54. The molecule has 25 heavy (non-hydrogen) atoms. The Morgan fingerprint density at radius 2 is 1.80 bits per heavy atom. The summed E-state index contributed by atoms with van der Waals surface area (Å²) in [6, 6.07) is -0.0462. The maximum absolute atomic E-state index is 12.6. The predicted octanol–water partition coefficient (Wildman–Crippen LogP) is 2.95. The number of rotatable bonds is 1. The first-order valence-electron chi connectivity index (χ1n) is 9.03. The third-order valence-corrected chi connectivity index (χ3v) is 5.46. The zero-order chi connectivity index (χ0) is 18.6. The van der Waals surface area contributed by atoms with Gasteiger partial charge in [0.25, 0.3) is 0 Å². The quantitative estimate of drug-likeness (QED) is 0.680. The van der Waals surface area contributed by atoms with E-state index in [0.717, 1.165) is 11.0 Å². The third-order valence-electron chi connectivity index (χ3n) is 5.46. The molecule has 2 saturated heterocycles. The molecule has 0 radical (unpaired) electrons. The summed E-state index contributed by atoms with van der Waals surface area (Å²) >= 11 is 0. The first-order valence-corrected chi connectivity index (χ1v) is 9.03. The molecule has 1 amide bonds. The Bertz CT molecular complexity index is 577. The van der Waals surface area contributed by atoms with Gasteiger partial charge in [0.2, 0.25) is 0 Å². The molecule has 4 aliphatic heterocycles. The van der Waals surface area contributed by atoms with Crippen LogP contribution in [0.2, 0.25) is 0 Å². The molecule has 0 saturated carbocycles. The van der Waals surface area contributed by atoms with E-state index < -0.39 is 5.60 Å². The Morgan fingerprint density at radius 1 is 1.20 bits per heavy atom. The van der Waals surface area contributed by atoms with Crippen LogP contribution in [0.5, 0.6) is 0 Å². The summed E-state index contributed by atoms with van der Waals surface area (Å²) in [5.41, 5.74) is 0.941. The van der Waals surface area contributed by atoms with E-state index in [1.165, 1.54) is 0 Å². The van der Waals surface area contributed by atoms with Crippen molar-refractivity contribution in [3.63, 3.8) is 0 Å². The summed E-state index contributed by atoms with van der Waals surface area (Å²) in [7, 11) is -0.370. The van der Waals surface area contributed by atoms with Gasteiger partial charge in [0.1, 0.15) is 5.60 Å². The first-order chi connectivity index (χ1) is 11.4. The number of amides is 1. The van der Waals surface area contributed by atoms with E-state index in [2.05, 4.69) is 27.7 Å². The Labute approximate surface area is 151 Å². The monoisotopic (exact) mass is 351 g/mol. The Balaban J connectivity index is 1.81. The molecule has 1 atom stereocenters. The summed E-state index contributed by atoms with van der Waals surface area (Å²) < 4.78 is 23.8. The van der Waals surface area contributed by atoms with Crippen LogP contribution < -0.4 is 0 Å². The maximum atomic E-state index is 12.6. The van der Waals surface area contributed by atoms with E-state index >= 15 is 0 Å². The van der Waals surface area contributed by atoms with Gasteiger partial charge in [-0.15, -0.1) is 0 Å². The van der Waals surface area contributed by atoms with E-state index in [1.54, 1.807) is 4.90 Å². The SMILES string of the molecule is CC(C)(C)OC(=O)N1CC2=C(B3OC(C)(C)C(C)(C)O3)CC1COC2. The van der Waals surface area contributed by atoms with Crippen LogP contribution in [0, 0.1) is 0 Å². The van der Waals surface area contributed by atoms with E-state index in [-0.39, 0.29) is 30.5 Å². The summed E-state index contributed by atoms with van der Waals surface area (Å²) in [5.74, 6) is 0. The molecule has 4 heterocycles. The lowest BCUT2D eigenvalue weighted by Gasteiger charge is -2.36. The van der Waals surface area contributed by atoms with E-state index in [0.29, 0.717) is 26.2 Å². The number of nitrogens with zero attached hydrogens (tertiary/aromatic N) is 1. The van der Waals surface area contributed by atoms with Crippen molar-refractivity contribution in [2.24, 2.45) is 0 Å². The molecule has 0 spiro atoms. The van der Waals surface area contributed by atoms with Crippen molar-refractivity contribution in [3.8, 4) is 0 Å². The fourth-order valence-electron chi connectivity index (χ4n) is 3.33. The smallest absolute Gasteiger partial charge is 0.444 e. The van der Waals surface area contributed by atoms with Crippen LogP contribution in [-0.4, -0.2) is 60.7 Å². The minimum Gasteiger partial charge on any atom is -0.444 e. The number of carbonyl (C=O) groups is 1. The molecular formula is C18H30BNO5. The van der Waals surface area contributed by atoms with Gasteiger partial charge in [-0.2, -0.15) is 0 Å². The number of ether oxygens (including phenoxy) is 2. The summed E-state index contributed by atoms with van der Waals surface area (Å²) in [6.07, 6.45) is 0.416. The molecule has 7 heteroatoms. The highest BCUT2D eigenvalue weighted by atomic mass is 16.7. The molecule has 0 aromatic rings. The highest BCUT2D eigenvalue weighted by molar-refractivity contribution is 6.55. The molecule has 0 aromatic heterocycles. The van der Waals surface area contributed by atoms with Gasteiger partial charge in [-0.3, -0.25) is 4.90 Å². The van der Waals surface area contributed by atoms with Gasteiger partial charge in [-0.05, 0) is 65.9 Å². The molecule has 0 aliphatic carbocycles. The second kappa shape index (κ2) is 6.00. The van der Waals surface area contributed by atoms with Crippen LogP contribution in [0.1, 0.15) is 54.9 Å². The summed E-state index contributed by atoms with van der Waals surface area (Å²) in [5, 5.41) is 0. The van der Waals surface area contributed by atoms with Crippen molar-refractivity contribution in [1.82, 2.24) is 4.90 Å². The molecule has 6 nitrogen and oxygen atoms in total.